The molecule has 0 unspecified atom stereocenters. The first kappa shape index (κ1) is 18.0. The summed E-state index contributed by atoms with van der Waals surface area (Å²) in [5, 5.41) is 8.11. The van der Waals surface area contributed by atoms with Gasteiger partial charge in [0.15, 0.2) is 0 Å². The predicted molar refractivity (Wildman–Crippen MR) is 103 cm³/mol. The summed E-state index contributed by atoms with van der Waals surface area (Å²) >= 11 is 5.87. The van der Waals surface area contributed by atoms with E-state index < -0.39 is 0 Å². The van der Waals surface area contributed by atoms with Crippen molar-refractivity contribution in [2.24, 2.45) is 0 Å². The van der Waals surface area contributed by atoms with Gasteiger partial charge in [0, 0.05) is 10.6 Å². The number of methoxy groups -OCH3 is 1. The van der Waals surface area contributed by atoms with Crippen molar-refractivity contribution in [3.05, 3.63) is 76.1 Å². The van der Waals surface area contributed by atoms with Crippen LogP contribution >= 0.6 is 11.6 Å². The number of rotatable bonds is 5. The first-order chi connectivity index (χ1) is 12.5. The summed E-state index contributed by atoms with van der Waals surface area (Å²) in [5.41, 5.74) is 4.02. The number of nitrogens with one attached hydrogen (secondary N) is 1. The molecule has 26 heavy (non-hydrogen) atoms. The number of benzene rings is 2. The van der Waals surface area contributed by atoms with Crippen molar-refractivity contribution in [3.63, 3.8) is 0 Å². The molecule has 0 aliphatic carbocycles. The van der Waals surface area contributed by atoms with Crippen LogP contribution < -0.4 is 10.1 Å². The van der Waals surface area contributed by atoms with Gasteiger partial charge in [0.2, 0.25) is 0 Å². The smallest absolute Gasteiger partial charge is 0.255 e. The lowest BCUT2D eigenvalue weighted by Crippen LogP contribution is -2.13. The molecule has 6 heteroatoms. The summed E-state index contributed by atoms with van der Waals surface area (Å²) in [6, 6.07) is 14.6. The van der Waals surface area contributed by atoms with Crippen LogP contribution in [0, 0.1) is 13.8 Å². The van der Waals surface area contributed by atoms with Crippen LogP contribution in [-0.2, 0) is 6.54 Å². The highest BCUT2D eigenvalue weighted by atomic mass is 35.5. The second-order valence-corrected chi connectivity index (χ2v) is 6.45. The Bertz CT molecular complexity index is 933. The quantitative estimate of drug-likeness (QED) is 0.722. The summed E-state index contributed by atoms with van der Waals surface area (Å²) in [6.45, 7) is 4.42. The van der Waals surface area contributed by atoms with Gasteiger partial charge in [-0.1, -0.05) is 23.7 Å². The molecule has 0 radical (unpaired) electrons. The Morgan fingerprint density at radius 1 is 1.19 bits per heavy atom. The zero-order valence-corrected chi connectivity index (χ0v) is 15.7. The van der Waals surface area contributed by atoms with Gasteiger partial charge in [0.25, 0.3) is 5.91 Å². The van der Waals surface area contributed by atoms with Crippen LogP contribution in [0.3, 0.4) is 0 Å². The number of carbonyl (C=O) groups is 1. The van der Waals surface area contributed by atoms with Crippen LogP contribution in [0.15, 0.2) is 48.5 Å². The average molecular weight is 370 g/mol. The molecule has 0 saturated carbocycles. The number of aromatic nitrogens is 2. The minimum Gasteiger partial charge on any atom is -0.497 e. The fraction of sp³-hybridized carbons (Fsp3) is 0.200. The molecule has 1 heterocycles. The maximum absolute atomic E-state index is 12.5. The van der Waals surface area contributed by atoms with Crippen molar-refractivity contribution in [1.82, 2.24) is 9.78 Å². The molecular weight excluding hydrogens is 350 g/mol. The first-order valence-electron chi connectivity index (χ1n) is 8.22. The lowest BCUT2D eigenvalue weighted by Gasteiger charge is -2.08. The predicted octanol–water partition coefficient (Wildman–Crippen LogP) is 4.46. The third-order valence-corrected chi connectivity index (χ3v) is 4.44. The largest absolute Gasteiger partial charge is 0.497 e. The SMILES string of the molecule is COc1cccc(Cn2nc(C)c(NC(=O)c3ccc(Cl)cc3)c2C)c1. The summed E-state index contributed by atoms with van der Waals surface area (Å²) in [6.07, 6.45) is 0. The molecule has 0 saturated heterocycles. The maximum atomic E-state index is 12.5. The van der Waals surface area contributed by atoms with Crippen LogP contribution in [0.25, 0.3) is 0 Å². The number of nitrogens with zero attached hydrogens (tertiary/aromatic N) is 2. The van der Waals surface area contributed by atoms with Gasteiger partial charge in [-0.25, -0.2) is 0 Å². The molecule has 0 bridgehead atoms. The number of halogens is 1. The van der Waals surface area contributed by atoms with Crippen molar-refractivity contribution in [2.45, 2.75) is 20.4 Å². The van der Waals surface area contributed by atoms with E-state index in [4.69, 9.17) is 16.3 Å². The van der Waals surface area contributed by atoms with Crippen molar-refractivity contribution in [2.75, 3.05) is 12.4 Å². The van der Waals surface area contributed by atoms with Gasteiger partial charge in [-0.2, -0.15) is 5.10 Å². The molecule has 0 spiro atoms. The minimum absolute atomic E-state index is 0.186. The van der Waals surface area contributed by atoms with E-state index in [1.165, 1.54) is 0 Å². The van der Waals surface area contributed by atoms with Crippen molar-refractivity contribution in [3.8, 4) is 5.75 Å². The number of hydrogen-bond acceptors (Lipinski definition) is 3. The second-order valence-electron chi connectivity index (χ2n) is 6.02. The topological polar surface area (TPSA) is 56.1 Å². The van der Waals surface area contributed by atoms with Crippen molar-refractivity contribution >= 4 is 23.2 Å². The van der Waals surface area contributed by atoms with Crippen LogP contribution in [0.5, 0.6) is 5.75 Å². The van der Waals surface area contributed by atoms with Gasteiger partial charge in [-0.05, 0) is 55.8 Å². The van der Waals surface area contributed by atoms with Crippen molar-refractivity contribution < 1.29 is 9.53 Å². The molecule has 1 amide bonds. The second kappa shape index (κ2) is 7.62. The van der Waals surface area contributed by atoms with Crippen LogP contribution in [0.1, 0.15) is 27.3 Å². The van der Waals surface area contributed by atoms with E-state index in [0.29, 0.717) is 17.1 Å². The summed E-state index contributed by atoms with van der Waals surface area (Å²) in [5.74, 6) is 0.620. The Balaban J connectivity index is 1.81. The molecule has 134 valence electrons. The average Bonchev–Trinajstić information content (AvgIpc) is 2.90. The number of amides is 1. The summed E-state index contributed by atoms with van der Waals surface area (Å²) < 4.78 is 7.14. The van der Waals surface area contributed by atoms with E-state index in [0.717, 1.165) is 28.4 Å². The highest BCUT2D eigenvalue weighted by Gasteiger charge is 2.15. The van der Waals surface area contributed by atoms with Gasteiger partial charge in [0.1, 0.15) is 5.75 Å². The number of carbonyl (C=O) groups excluding carboxylic acids is 1. The van der Waals surface area contributed by atoms with Gasteiger partial charge in [-0.15, -0.1) is 0 Å². The molecule has 3 aromatic rings. The first-order valence-corrected chi connectivity index (χ1v) is 8.59. The van der Waals surface area contributed by atoms with Crippen molar-refractivity contribution in [1.29, 1.82) is 0 Å². The third-order valence-electron chi connectivity index (χ3n) is 4.19. The lowest BCUT2D eigenvalue weighted by atomic mass is 10.2. The van der Waals surface area contributed by atoms with E-state index in [-0.39, 0.29) is 5.91 Å². The van der Waals surface area contributed by atoms with E-state index in [1.807, 2.05) is 42.8 Å². The molecular formula is C20H20ClN3O2. The maximum Gasteiger partial charge on any atom is 0.255 e. The number of ether oxygens (including phenoxy) is 1. The molecule has 0 atom stereocenters. The molecule has 1 aromatic heterocycles. The van der Waals surface area contributed by atoms with Crippen LogP contribution in [0.2, 0.25) is 5.02 Å². The van der Waals surface area contributed by atoms with Gasteiger partial charge in [0.05, 0.1) is 30.7 Å². The molecule has 0 aliphatic rings. The normalized spacial score (nSPS) is 10.6. The van der Waals surface area contributed by atoms with Crippen LogP contribution in [0.4, 0.5) is 5.69 Å². The molecule has 1 N–H and O–H groups in total. The zero-order chi connectivity index (χ0) is 18.7. The highest BCUT2D eigenvalue weighted by molar-refractivity contribution is 6.30. The summed E-state index contributed by atoms with van der Waals surface area (Å²) in [7, 11) is 1.65. The fourth-order valence-corrected chi connectivity index (χ4v) is 2.89. The molecule has 3 rings (SSSR count). The van der Waals surface area contributed by atoms with E-state index in [9.17, 15) is 4.79 Å². The Hall–Kier alpha value is -2.79. The number of hydrogen-bond donors (Lipinski definition) is 1. The highest BCUT2D eigenvalue weighted by Crippen LogP contribution is 2.22. The Morgan fingerprint density at radius 2 is 1.92 bits per heavy atom. The Morgan fingerprint density at radius 3 is 2.62 bits per heavy atom. The molecule has 0 fully saturated rings. The van der Waals surface area contributed by atoms with E-state index in [1.54, 1.807) is 31.4 Å². The van der Waals surface area contributed by atoms with Gasteiger partial charge >= 0.3 is 0 Å². The van der Waals surface area contributed by atoms with Gasteiger partial charge in [-0.3, -0.25) is 9.48 Å². The number of anilines is 1. The fourth-order valence-electron chi connectivity index (χ4n) is 2.76. The minimum atomic E-state index is -0.186. The third kappa shape index (κ3) is 3.89. The zero-order valence-electron chi connectivity index (χ0n) is 14.9. The summed E-state index contributed by atoms with van der Waals surface area (Å²) in [4.78, 5) is 12.5. The standard InChI is InChI=1S/C20H20ClN3O2/c1-13-19(22-20(25)16-7-9-17(21)10-8-16)14(2)24(23-13)12-15-5-4-6-18(11-15)26-3/h4-11H,12H2,1-3H3,(H,22,25). The van der Waals surface area contributed by atoms with E-state index in [2.05, 4.69) is 10.4 Å². The number of aryl methyl sites for hydroxylation is 1. The molecule has 0 aliphatic heterocycles. The Labute approximate surface area is 157 Å². The van der Waals surface area contributed by atoms with Crippen LogP contribution in [-0.4, -0.2) is 22.8 Å². The van der Waals surface area contributed by atoms with E-state index >= 15 is 0 Å². The van der Waals surface area contributed by atoms with Gasteiger partial charge < -0.3 is 10.1 Å². The molecule has 5 nitrogen and oxygen atoms in total. The monoisotopic (exact) mass is 369 g/mol. The Kier molecular flexibility index (Phi) is 5.28. The lowest BCUT2D eigenvalue weighted by molar-refractivity contribution is 0.102. The molecule has 2 aromatic carbocycles.